The quantitative estimate of drug-likeness (QED) is 0.145. The van der Waals surface area contributed by atoms with Crippen LogP contribution in [0.3, 0.4) is 0 Å². The van der Waals surface area contributed by atoms with Crippen molar-refractivity contribution in [2.24, 2.45) is 0 Å². The molecule has 0 radical (unpaired) electrons. The monoisotopic (exact) mass is 1080 g/mol. The molecule has 4 heterocycles. The van der Waals surface area contributed by atoms with Crippen molar-refractivity contribution in [2.75, 3.05) is 4.90 Å². The highest BCUT2D eigenvalue weighted by Gasteiger charge is 2.45. The summed E-state index contributed by atoms with van der Waals surface area (Å²) in [5.74, 6) is 0. The van der Waals surface area contributed by atoms with Crippen molar-refractivity contribution in [3.8, 4) is 67.0 Å². The average molecular weight is 1080 g/mol. The Balaban J connectivity index is 1.11. The summed E-state index contributed by atoms with van der Waals surface area (Å²) >= 11 is 0. The zero-order valence-corrected chi connectivity index (χ0v) is 48.3. The summed E-state index contributed by atoms with van der Waals surface area (Å²) in [6.45, 7) is 13.9. The van der Waals surface area contributed by atoms with Crippen LogP contribution in [0.5, 0.6) is 0 Å². The largest absolute Gasteiger partial charge is 0.311 e. The van der Waals surface area contributed by atoms with Crippen LogP contribution >= 0.6 is 0 Å². The topological polar surface area (TPSA) is 13.1 Å². The van der Waals surface area contributed by atoms with Crippen molar-refractivity contribution >= 4 is 83.8 Å². The fourth-order valence-electron chi connectivity index (χ4n) is 14.0. The van der Waals surface area contributed by atoms with Gasteiger partial charge >= 0.3 is 0 Å². The van der Waals surface area contributed by atoms with Crippen LogP contribution in [0.1, 0.15) is 52.7 Å². The third-order valence-electron chi connectivity index (χ3n) is 18.2. The summed E-state index contributed by atoms with van der Waals surface area (Å²) in [5.41, 5.74) is 29.0. The standard InChI is InChI=1S/C80H62BN3/c1-79(2,3)59-42-57(43-60(48-59)80(4,5)6)58-46-74-77-75(47-58)84-71-45-56(52-26-14-8-15-27-52)36-38-64(71)66-41-40-63(54-30-18-10-19-31-54)76(78(66)84)81(77)68-50-72-67(49-73(68)83(74)69-35-23-22-34-62(69)53-28-16-9-17-29-53)65-39-37-55(51-24-12-7-13-25-51)44-70(65)82(72)61-32-20-11-21-33-61/h7-50H,1-6H3. The second kappa shape index (κ2) is 18.8. The molecule has 2 aromatic heterocycles. The lowest BCUT2D eigenvalue weighted by Gasteiger charge is -2.42. The van der Waals surface area contributed by atoms with Crippen LogP contribution in [0.4, 0.5) is 17.1 Å². The predicted octanol–water partition coefficient (Wildman–Crippen LogP) is 19.4. The number of para-hydroxylation sites is 2. The molecule has 0 fully saturated rings. The summed E-state index contributed by atoms with van der Waals surface area (Å²) in [5, 5.41) is 4.93. The van der Waals surface area contributed by atoms with Gasteiger partial charge in [-0.3, -0.25) is 0 Å². The Hall–Kier alpha value is -9.90. The van der Waals surface area contributed by atoms with Crippen LogP contribution < -0.4 is 21.3 Å². The minimum atomic E-state index is -0.180. The highest BCUT2D eigenvalue weighted by atomic mass is 15.2. The maximum Gasteiger partial charge on any atom is 0.253 e. The Kier molecular flexibility index (Phi) is 11.2. The van der Waals surface area contributed by atoms with Crippen LogP contribution in [-0.4, -0.2) is 15.8 Å². The Bertz CT molecular complexity index is 4910. The first-order valence-electron chi connectivity index (χ1n) is 29.7. The molecule has 2 aliphatic rings. The van der Waals surface area contributed by atoms with E-state index in [1.54, 1.807) is 0 Å². The lowest BCUT2D eigenvalue weighted by molar-refractivity contribution is 0.569. The minimum Gasteiger partial charge on any atom is -0.311 e. The molecule has 2 aliphatic heterocycles. The van der Waals surface area contributed by atoms with Gasteiger partial charge in [-0.2, -0.15) is 0 Å². The van der Waals surface area contributed by atoms with Crippen molar-refractivity contribution < 1.29 is 0 Å². The molecule has 14 aromatic rings. The van der Waals surface area contributed by atoms with Crippen LogP contribution in [0.15, 0.2) is 267 Å². The minimum absolute atomic E-state index is 0.0846. The molecule has 16 rings (SSSR count). The second-order valence-electron chi connectivity index (χ2n) is 25.3. The van der Waals surface area contributed by atoms with Crippen molar-refractivity contribution in [1.29, 1.82) is 0 Å². The van der Waals surface area contributed by atoms with Crippen molar-refractivity contribution in [3.05, 3.63) is 278 Å². The molecule has 0 N–H and O–H groups in total. The summed E-state index contributed by atoms with van der Waals surface area (Å²) in [7, 11) is 0. The molecule has 0 bridgehead atoms. The fraction of sp³-hybridized carbons (Fsp3) is 0.100. The zero-order chi connectivity index (χ0) is 56.6. The van der Waals surface area contributed by atoms with Crippen molar-refractivity contribution in [1.82, 2.24) is 9.13 Å². The highest BCUT2D eigenvalue weighted by Crippen LogP contribution is 2.49. The molecule has 0 unspecified atom stereocenters. The Morgan fingerprint density at radius 2 is 0.762 bits per heavy atom. The average Bonchev–Trinajstić information content (AvgIpc) is 1.37. The van der Waals surface area contributed by atoms with Gasteiger partial charge in [0.15, 0.2) is 0 Å². The molecule has 4 heteroatoms. The SMILES string of the molecule is CC(C)(C)c1cc(-c2cc3c4c(c2)-n2c5cc(-c6ccccc6)ccc5c5ccc(-c6ccccc6)c(c52)B4c2cc4c(cc2N3c2ccccc2-c2ccccc2)c2ccc(-c3ccccc3)cc2n4-c2ccccc2)cc(C(C)(C)C)c1. The number of nitrogens with zero attached hydrogens (tertiary/aromatic N) is 3. The van der Waals surface area contributed by atoms with E-state index in [0.29, 0.717) is 0 Å². The first-order valence-corrected chi connectivity index (χ1v) is 29.7. The van der Waals surface area contributed by atoms with Gasteiger partial charge in [-0.05, 0) is 143 Å². The van der Waals surface area contributed by atoms with E-state index in [1.165, 1.54) is 144 Å². The van der Waals surface area contributed by atoms with Crippen LogP contribution in [-0.2, 0) is 10.8 Å². The molecule has 12 aromatic carbocycles. The van der Waals surface area contributed by atoms with E-state index in [4.69, 9.17) is 0 Å². The van der Waals surface area contributed by atoms with Gasteiger partial charge in [0.25, 0.3) is 6.71 Å². The number of fused-ring (bicyclic) bond motifs is 10. The Labute approximate surface area is 492 Å². The summed E-state index contributed by atoms with van der Waals surface area (Å²) in [4.78, 5) is 2.66. The van der Waals surface area contributed by atoms with Gasteiger partial charge in [0.1, 0.15) is 0 Å². The molecule has 0 amide bonds. The molecule has 0 atom stereocenters. The third kappa shape index (κ3) is 7.81. The van der Waals surface area contributed by atoms with Gasteiger partial charge < -0.3 is 14.0 Å². The van der Waals surface area contributed by atoms with E-state index >= 15 is 0 Å². The molecule has 0 saturated heterocycles. The van der Waals surface area contributed by atoms with Crippen molar-refractivity contribution in [3.63, 3.8) is 0 Å². The number of benzene rings is 12. The molecule has 84 heavy (non-hydrogen) atoms. The lowest BCUT2D eigenvalue weighted by atomic mass is 9.33. The first kappa shape index (κ1) is 49.9. The van der Waals surface area contributed by atoms with E-state index in [2.05, 4.69) is 322 Å². The summed E-state index contributed by atoms with van der Waals surface area (Å²) in [6.07, 6.45) is 0. The van der Waals surface area contributed by atoms with Gasteiger partial charge in [0.05, 0.1) is 22.2 Å². The van der Waals surface area contributed by atoms with Crippen LogP contribution in [0.2, 0.25) is 0 Å². The van der Waals surface area contributed by atoms with E-state index in [1.807, 2.05) is 0 Å². The van der Waals surface area contributed by atoms with E-state index in [-0.39, 0.29) is 17.5 Å². The van der Waals surface area contributed by atoms with Crippen molar-refractivity contribution in [2.45, 2.75) is 52.4 Å². The number of hydrogen-bond donors (Lipinski definition) is 0. The van der Waals surface area contributed by atoms with Gasteiger partial charge in [0.2, 0.25) is 0 Å². The number of rotatable bonds is 7. The molecule has 3 nitrogen and oxygen atoms in total. The zero-order valence-electron chi connectivity index (χ0n) is 48.3. The molecule has 0 aliphatic carbocycles. The maximum absolute atomic E-state index is 2.67. The summed E-state index contributed by atoms with van der Waals surface area (Å²) < 4.78 is 5.20. The van der Waals surface area contributed by atoms with Crippen LogP contribution in [0, 0.1) is 0 Å². The normalized spacial score (nSPS) is 12.8. The Morgan fingerprint density at radius 1 is 0.286 bits per heavy atom. The maximum atomic E-state index is 2.67. The lowest BCUT2D eigenvalue weighted by Crippen LogP contribution is -2.61. The summed E-state index contributed by atoms with van der Waals surface area (Å²) in [6, 6.07) is 101. The second-order valence-corrected chi connectivity index (χ2v) is 25.3. The fourth-order valence-corrected chi connectivity index (χ4v) is 14.0. The van der Waals surface area contributed by atoms with Crippen LogP contribution in [0.25, 0.3) is 111 Å². The third-order valence-corrected chi connectivity index (χ3v) is 18.2. The van der Waals surface area contributed by atoms with E-state index < -0.39 is 0 Å². The molecule has 0 spiro atoms. The highest BCUT2D eigenvalue weighted by molar-refractivity contribution is 7.01. The molecule has 0 saturated carbocycles. The Morgan fingerprint density at radius 3 is 1.36 bits per heavy atom. The number of anilines is 3. The number of hydrogen-bond acceptors (Lipinski definition) is 1. The van der Waals surface area contributed by atoms with Gasteiger partial charge in [0, 0.05) is 55.4 Å². The molecular formula is C80H62BN3. The van der Waals surface area contributed by atoms with E-state index in [0.717, 1.165) is 11.4 Å². The van der Waals surface area contributed by atoms with Gasteiger partial charge in [-0.15, -0.1) is 0 Å². The molecule has 400 valence electrons. The number of aromatic nitrogens is 2. The molecular weight excluding hydrogens is 1010 g/mol. The van der Waals surface area contributed by atoms with Gasteiger partial charge in [-0.1, -0.05) is 254 Å². The van der Waals surface area contributed by atoms with Gasteiger partial charge in [-0.25, -0.2) is 0 Å². The smallest absolute Gasteiger partial charge is 0.253 e. The first-order chi connectivity index (χ1) is 40.9. The van der Waals surface area contributed by atoms with E-state index in [9.17, 15) is 0 Å². The predicted molar refractivity (Wildman–Crippen MR) is 359 cm³/mol.